The van der Waals surface area contributed by atoms with Crippen molar-refractivity contribution in [2.24, 2.45) is 4.99 Å². The molecule has 0 aliphatic carbocycles. The number of nitrogens with zero attached hydrogens (tertiary/aromatic N) is 4. The lowest BCUT2D eigenvalue weighted by molar-refractivity contribution is 0.146. The van der Waals surface area contributed by atoms with E-state index in [1.165, 1.54) is 18.2 Å². The van der Waals surface area contributed by atoms with Crippen LogP contribution in [0.25, 0.3) is 22.5 Å². The largest absolute Gasteiger partial charge is 0.369 e. The highest BCUT2D eigenvalue weighted by Gasteiger charge is 2.25. The maximum Gasteiger partial charge on any atom is 0.266 e. The smallest absolute Gasteiger partial charge is 0.266 e. The summed E-state index contributed by atoms with van der Waals surface area (Å²) in [5.41, 5.74) is 1.60. The number of hydrogen-bond acceptors (Lipinski definition) is 5. The standard InChI is InChI=1S/C24H21F3N6O/c1-12(15-4-3-5-16(20(15)25)21(26)27)30-22-18-11-17(14-6-7-28-19(34)10-14)23-29-8-9-33(23)24(18)32-13(2)31-22/h3-7,10-12,21,29H,8-9H2,1-2H3,(H,28,34)/t12-/m1/s1. The number of anilines is 1. The Morgan fingerprint density at radius 3 is 2.68 bits per heavy atom. The van der Waals surface area contributed by atoms with Gasteiger partial charge in [-0.15, -0.1) is 0 Å². The van der Waals surface area contributed by atoms with E-state index in [0.29, 0.717) is 41.4 Å². The Bertz CT molecular complexity index is 1490. The van der Waals surface area contributed by atoms with Crippen LogP contribution in [0.4, 0.5) is 19.0 Å². The van der Waals surface area contributed by atoms with Gasteiger partial charge in [-0.2, -0.15) is 0 Å². The first kappa shape index (κ1) is 21.9. The zero-order valence-corrected chi connectivity index (χ0v) is 18.4. The van der Waals surface area contributed by atoms with Crippen molar-refractivity contribution in [2.45, 2.75) is 32.9 Å². The van der Waals surface area contributed by atoms with Crippen LogP contribution >= 0.6 is 0 Å². The molecule has 2 N–H and O–H groups in total. The molecule has 0 fully saturated rings. The molecule has 0 spiro atoms. The summed E-state index contributed by atoms with van der Waals surface area (Å²) in [5, 5.41) is 3.35. The first-order valence-corrected chi connectivity index (χ1v) is 10.8. The number of pyridine rings is 2. The van der Waals surface area contributed by atoms with E-state index < -0.39 is 23.8 Å². The molecule has 0 saturated heterocycles. The molecule has 1 aromatic carbocycles. The SMILES string of the molecule is Cc1nc2n3c(c(-c4cc[nH]c(=O)c4)cc-2c(=N[C@H](C)c2cccc(C(F)F)c2F)n1)NCC3. The van der Waals surface area contributed by atoms with Gasteiger partial charge >= 0.3 is 0 Å². The minimum Gasteiger partial charge on any atom is -0.369 e. The molecule has 0 radical (unpaired) electrons. The van der Waals surface area contributed by atoms with E-state index in [1.807, 2.05) is 10.6 Å². The van der Waals surface area contributed by atoms with Crippen LogP contribution in [0.2, 0.25) is 0 Å². The van der Waals surface area contributed by atoms with Gasteiger partial charge in [0, 0.05) is 36.5 Å². The van der Waals surface area contributed by atoms with Gasteiger partial charge in [0.05, 0.1) is 17.2 Å². The van der Waals surface area contributed by atoms with Crippen LogP contribution in [0.1, 0.15) is 36.3 Å². The Morgan fingerprint density at radius 2 is 1.91 bits per heavy atom. The van der Waals surface area contributed by atoms with Gasteiger partial charge in [0.15, 0.2) is 5.49 Å². The highest BCUT2D eigenvalue weighted by atomic mass is 19.3. The number of nitrogens with one attached hydrogen (secondary N) is 2. The normalized spacial score (nSPS) is 14.5. The molecule has 4 heterocycles. The van der Waals surface area contributed by atoms with Crippen molar-refractivity contribution in [2.75, 3.05) is 11.9 Å². The van der Waals surface area contributed by atoms with Crippen molar-refractivity contribution in [3.63, 3.8) is 0 Å². The second kappa shape index (κ2) is 8.44. The average Bonchev–Trinajstić information content (AvgIpc) is 3.29. The van der Waals surface area contributed by atoms with Gasteiger partial charge < -0.3 is 14.9 Å². The molecule has 7 nitrogen and oxygen atoms in total. The van der Waals surface area contributed by atoms with E-state index in [-0.39, 0.29) is 11.1 Å². The third-order valence-corrected chi connectivity index (χ3v) is 5.86. The lowest BCUT2D eigenvalue weighted by Crippen LogP contribution is -2.21. The van der Waals surface area contributed by atoms with Gasteiger partial charge in [-0.25, -0.2) is 23.1 Å². The Morgan fingerprint density at radius 1 is 1.12 bits per heavy atom. The fourth-order valence-corrected chi connectivity index (χ4v) is 4.29. The fourth-order valence-electron chi connectivity index (χ4n) is 4.29. The topological polar surface area (TPSA) is 88.0 Å². The molecule has 3 aliphatic heterocycles. The van der Waals surface area contributed by atoms with Crippen LogP contribution < -0.4 is 16.4 Å². The van der Waals surface area contributed by atoms with E-state index >= 15 is 0 Å². The second-order valence-corrected chi connectivity index (χ2v) is 8.11. The molecule has 0 unspecified atom stereocenters. The molecule has 0 saturated carbocycles. The lowest BCUT2D eigenvalue weighted by atomic mass is 10.0. The second-order valence-electron chi connectivity index (χ2n) is 8.11. The molecule has 0 bridgehead atoms. The molecule has 5 rings (SSSR count). The number of benzene rings is 1. The molecule has 2 aromatic rings. The van der Waals surface area contributed by atoms with Crippen molar-refractivity contribution < 1.29 is 13.2 Å². The summed E-state index contributed by atoms with van der Waals surface area (Å²) in [5.74, 6) is 0.984. The lowest BCUT2D eigenvalue weighted by Gasteiger charge is -2.18. The molecule has 174 valence electrons. The first-order valence-electron chi connectivity index (χ1n) is 10.8. The number of H-pyrrole nitrogens is 1. The number of fused-ring (bicyclic) bond motifs is 3. The predicted molar refractivity (Wildman–Crippen MR) is 121 cm³/mol. The summed E-state index contributed by atoms with van der Waals surface area (Å²) in [6.07, 6.45) is -1.34. The number of rotatable bonds is 4. The molecule has 3 aliphatic rings. The minimum atomic E-state index is -2.92. The van der Waals surface area contributed by atoms with E-state index in [2.05, 4.69) is 25.3 Å². The molecule has 0 amide bonds. The van der Waals surface area contributed by atoms with Crippen LogP contribution in [0.15, 0.2) is 52.4 Å². The third-order valence-electron chi connectivity index (χ3n) is 5.86. The molecule has 1 aromatic heterocycles. The van der Waals surface area contributed by atoms with Crippen LogP contribution in [-0.2, 0) is 6.54 Å². The van der Waals surface area contributed by atoms with Crippen LogP contribution in [0, 0.1) is 12.7 Å². The summed E-state index contributed by atoms with van der Waals surface area (Å²) < 4.78 is 43.1. The van der Waals surface area contributed by atoms with Crippen molar-refractivity contribution in [1.29, 1.82) is 0 Å². The summed E-state index contributed by atoms with van der Waals surface area (Å²) in [6, 6.07) is 8.30. The average molecular weight is 466 g/mol. The van der Waals surface area contributed by atoms with Crippen molar-refractivity contribution in [3.05, 3.63) is 81.2 Å². The Balaban J connectivity index is 1.74. The fraction of sp³-hybridized carbons (Fsp3) is 0.250. The van der Waals surface area contributed by atoms with Crippen molar-refractivity contribution >= 4 is 5.82 Å². The predicted octanol–water partition coefficient (Wildman–Crippen LogP) is 4.21. The number of alkyl halides is 2. The maximum atomic E-state index is 14.8. The maximum absolute atomic E-state index is 14.8. The first-order chi connectivity index (χ1) is 16.3. The zero-order chi connectivity index (χ0) is 24.0. The van der Waals surface area contributed by atoms with Gasteiger partial charge in [-0.1, -0.05) is 18.2 Å². The molecule has 10 heteroatoms. The van der Waals surface area contributed by atoms with E-state index in [0.717, 1.165) is 17.4 Å². The summed E-state index contributed by atoms with van der Waals surface area (Å²) in [7, 11) is 0. The number of aromatic nitrogens is 4. The highest BCUT2D eigenvalue weighted by Crippen LogP contribution is 2.35. The van der Waals surface area contributed by atoms with E-state index in [4.69, 9.17) is 0 Å². The van der Waals surface area contributed by atoms with Gasteiger partial charge in [-0.05, 0) is 31.5 Å². The van der Waals surface area contributed by atoms with Gasteiger partial charge in [0.2, 0.25) is 5.56 Å². The van der Waals surface area contributed by atoms with Crippen LogP contribution in [0.5, 0.6) is 0 Å². The van der Waals surface area contributed by atoms with Gasteiger partial charge in [0.1, 0.15) is 23.3 Å². The van der Waals surface area contributed by atoms with E-state index in [1.54, 1.807) is 26.1 Å². The zero-order valence-electron chi connectivity index (χ0n) is 18.4. The molecular weight excluding hydrogens is 445 g/mol. The Hall–Kier alpha value is -3.95. The quantitative estimate of drug-likeness (QED) is 0.472. The third kappa shape index (κ3) is 3.74. The molecular formula is C24H21F3N6O. The van der Waals surface area contributed by atoms with Crippen LogP contribution in [0.3, 0.4) is 0 Å². The molecule has 1 atom stereocenters. The highest BCUT2D eigenvalue weighted by molar-refractivity contribution is 5.82. The monoisotopic (exact) mass is 466 g/mol. The Kier molecular flexibility index (Phi) is 5.43. The number of halogens is 3. The minimum absolute atomic E-state index is 0.0625. The number of aryl methyl sites for hydroxylation is 1. The Labute approximate surface area is 192 Å². The van der Waals surface area contributed by atoms with Crippen molar-refractivity contribution in [3.8, 4) is 22.5 Å². The van der Waals surface area contributed by atoms with Gasteiger partial charge in [0.25, 0.3) is 6.43 Å². The van der Waals surface area contributed by atoms with Crippen LogP contribution in [-0.4, -0.2) is 26.1 Å². The summed E-state index contributed by atoms with van der Waals surface area (Å²) in [6.45, 7) is 4.71. The van der Waals surface area contributed by atoms with E-state index in [9.17, 15) is 18.0 Å². The summed E-state index contributed by atoms with van der Waals surface area (Å²) in [4.78, 5) is 28.3. The summed E-state index contributed by atoms with van der Waals surface area (Å²) >= 11 is 0. The van der Waals surface area contributed by atoms with Crippen molar-refractivity contribution in [1.82, 2.24) is 19.5 Å². The molecule has 34 heavy (non-hydrogen) atoms. The number of aromatic amines is 1. The number of hydrogen-bond donors (Lipinski definition) is 2. The van der Waals surface area contributed by atoms with Gasteiger partial charge in [-0.3, -0.25) is 9.79 Å².